The maximum absolute atomic E-state index is 11.8. The van der Waals surface area contributed by atoms with Gasteiger partial charge >= 0.3 is 0 Å². The number of rotatable bonds is 2. The molecule has 0 unspecified atom stereocenters. The second kappa shape index (κ2) is 6.92. The van der Waals surface area contributed by atoms with Crippen molar-refractivity contribution >= 4 is 27.5 Å². The number of carbonyl (C=O) groups is 1. The fourth-order valence-corrected chi connectivity index (χ4v) is 2.15. The molecule has 0 aliphatic carbocycles. The topological polar surface area (TPSA) is 20.3 Å². The third-order valence-electron chi connectivity index (χ3n) is 2.94. The lowest BCUT2D eigenvalue weighted by Crippen LogP contribution is -2.24. The first-order valence-electron chi connectivity index (χ1n) is 6.38. The van der Waals surface area contributed by atoms with Crippen LogP contribution in [0.4, 0.5) is 5.69 Å². The van der Waals surface area contributed by atoms with Crippen molar-refractivity contribution in [1.29, 1.82) is 0 Å². The zero-order valence-electron chi connectivity index (χ0n) is 11.6. The smallest absolute Gasteiger partial charge is 0.250 e. The average Bonchev–Trinajstić information content (AvgIpc) is 2.53. The van der Waals surface area contributed by atoms with E-state index in [1.165, 1.54) is 11.0 Å². The van der Waals surface area contributed by atoms with Crippen LogP contribution in [0.5, 0.6) is 0 Å². The van der Waals surface area contributed by atoms with Crippen LogP contribution in [-0.2, 0) is 4.79 Å². The van der Waals surface area contributed by atoms with E-state index in [9.17, 15) is 4.79 Å². The predicted octanol–water partition coefficient (Wildman–Crippen LogP) is 4.00. The Morgan fingerprint density at radius 1 is 1.19 bits per heavy atom. The molecule has 2 aromatic carbocycles. The number of nitrogens with zero attached hydrogens (tertiary/aromatic N) is 1. The van der Waals surface area contributed by atoms with Gasteiger partial charge in [-0.25, -0.2) is 0 Å². The maximum Gasteiger partial charge on any atom is 0.250 e. The summed E-state index contributed by atoms with van der Waals surface area (Å²) in [5.41, 5.74) is 2.47. The highest BCUT2D eigenvalue weighted by atomic mass is 79.9. The van der Waals surface area contributed by atoms with Crippen molar-refractivity contribution in [3.63, 3.8) is 0 Å². The van der Waals surface area contributed by atoms with E-state index in [0.29, 0.717) is 0 Å². The third kappa shape index (κ3) is 3.84. The van der Waals surface area contributed by atoms with Gasteiger partial charge in [-0.1, -0.05) is 52.5 Å². The first kappa shape index (κ1) is 15.1. The van der Waals surface area contributed by atoms with Gasteiger partial charge in [-0.3, -0.25) is 4.79 Å². The van der Waals surface area contributed by atoms with Gasteiger partial charge in [0, 0.05) is 22.6 Å². The number of hydrogen-bond acceptors (Lipinski definition) is 1. The summed E-state index contributed by atoms with van der Waals surface area (Å²) in [4.78, 5) is 13.3. The van der Waals surface area contributed by atoms with Gasteiger partial charge in [0.1, 0.15) is 0 Å². The Kier molecular flexibility index (Phi) is 4.97. The summed E-state index contributed by atoms with van der Waals surface area (Å²) in [6.45, 7) is 3.51. The Hall–Kier alpha value is -2.31. The van der Waals surface area contributed by atoms with Gasteiger partial charge in [0.2, 0.25) is 5.91 Å². The first-order valence-corrected chi connectivity index (χ1v) is 7.18. The molecule has 2 nitrogen and oxygen atoms in total. The predicted molar refractivity (Wildman–Crippen MR) is 90.2 cm³/mol. The highest BCUT2D eigenvalue weighted by Crippen LogP contribution is 2.24. The molecule has 0 aromatic heterocycles. The molecule has 2 rings (SSSR count). The molecule has 0 heterocycles. The summed E-state index contributed by atoms with van der Waals surface area (Å²) >= 11 is 3.42. The van der Waals surface area contributed by atoms with Crippen molar-refractivity contribution in [2.24, 2.45) is 0 Å². The van der Waals surface area contributed by atoms with E-state index >= 15 is 0 Å². The molecule has 21 heavy (non-hydrogen) atoms. The summed E-state index contributed by atoms with van der Waals surface area (Å²) in [6.07, 6.45) is 1.29. The van der Waals surface area contributed by atoms with Crippen molar-refractivity contribution < 1.29 is 4.79 Å². The minimum absolute atomic E-state index is 0.170. The van der Waals surface area contributed by atoms with Gasteiger partial charge in [0.25, 0.3) is 0 Å². The van der Waals surface area contributed by atoms with E-state index in [2.05, 4.69) is 34.3 Å². The second-order valence-electron chi connectivity index (χ2n) is 4.38. The SMILES string of the molecule is C=CC(=O)N(C)c1cc(Br)ccc1C#Cc1ccccc1. The number of halogens is 1. The van der Waals surface area contributed by atoms with Gasteiger partial charge in [-0.05, 0) is 36.4 Å². The van der Waals surface area contributed by atoms with Crippen molar-refractivity contribution in [3.8, 4) is 11.8 Å². The van der Waals surface area contributed by atoms with Gasteiger partial charge in [-0.15, -0.1) is 0 Å². The Morgan fingerprint density at radius 2 is 1.90 bits per heavy atom. The molecule has 0 fully saturated rings. The van der Waals surface area contributed by atoms with Crippen LogP contribution < -0.4 is 4.90 Å². The van der Waals surface area contributed by atoms with Crippen LogP contribution in [-0.4, -0.2) is 13.0 Å². The monoisotopic (exact) mass is 339 g/mol. The van der Waals surface area contributed by atoms with Crippen LogP contribution in [0.3, 0.4) is 0 Å². The number of carbonyl (C=O) groups excluding carboxylic acids is 1. The molecule has 1 amide bonds. The lowest BCUT2D eigenvalue weighted by molar-refractivity contribution is -0.113. The Bertz CT molecular complexity index is 726. The highest BCUT2D eigenvalue weighted by Gasteiger charge is 2.11. The molecular formula is C18H14BrNO. The fourth-order valence-electron chi connectivity index (χ4n) is 1.80. The standard InChI is InChI=1S/C18H14BrNO/c1-3-18(21)20(2)17-13-16(19)12-11-15(17)10-9-14-7-5-4-6-8-14/h3-8,11-13H,1H2,2H3. The lowest BCUT2D eigenvalue weighted by Gasteiger charge is -2.17. The van der Waals surface area contributed by atoms with Crippen LogP contribution in [0.2, 0.25) is 0 Å². The molecule has 104 valence electrons. The zero-order valence-corrected chi connectivity index (χ0v) is 13.2. The molecule has 0 atom stereocenters. The van der Waals surface area contributed by atoms with Crippen molar-refractivity contribution in [3.05, 3.63) is 76.8 Å². The minimum Gasteiger partial charge on any atom is -0.311 e. The van der Waals surface area contributed by atoms with Crippen LogP contribution >= 0.6 is 15.9 Å². The normalized spacial score (nSPS) is 9.43. The van der Waals surface area contributed by atoms with Crippen molar-refractivity contribution in [2.45, 2.75) is 0 Å². The Labute approximate surface area is 133 Å². The van der Waals surface area contributed by atoms with Crippen molar-refractivity contribution in [1.82, 2.24) is 0 Å². The number of hydrogen-bond donors (Lipinski definition) is 0. The van der Waals surface area contributed by atoms with Crippen LogP contribution in [0.15, 0.2) is 65.7 Å². The van der Waals surface area contributed by atoms with Gasteiger partial charge in [0.15, 0.2) is 0 Å². The summed E-state index contributed by atoms with van der Waals surface area (Å²) in [6, 6.07) is 15.4. The van der Waals surface area contributed by atoms with Crippen LogP contribution in [0, 0.1) is 11.8 Å². The van der Waals surface area contributed by atoms with Gasteiger partial charge in [-0.2, -0.15) is 0 Å². The molecule has 0 aliphatic rings. The highest BCUT2D eigenvalue weighted by molar-refractivity contribution is 9.10. The summed E-state index contributed by atoms with van der Waals surface area (Å²) in [5.74, 6) is 6.05. The van der Waals surface area contributed by atoms with Gasteiger partial charge < -0.3 is 4.90 Å². The molecule has 2 aromatic rings. The van der Waals surface area contributed by atoms with E-state index in [4.69, 9.17) is 0 Å². The van der Waals surface area contributed by atoms with E-state index in [1.807, 2.05) is 48.5 Å². The number of likely N-dealkylation sites (N-methyl/N-ethyl adjacent to an activating group) is 1. The molecule has 0 saturated heterocycles. The third-order valence-corrected chi connectivity index (χ3v) is 3.43. The molecule has 0 bridgehead atoms. The quantitative estimate of drug-likeness (QED) is 0.598. The fraction of sp³-hybridized carbons (Fsp3) is 0.0556. The van der Waals surface area contributed by atoms with Gasteiger partial charge in [0.05, 0.1) is 5.69 Å². The first-order chi connectivity index (χ1) is 10.1. The molecular weight excluding hydrogens is 326 g/mol. The zero-order chi connectivity index (χ0) is 15.2. The molecule has 0 N–H and O–H groups in total. The summed E-state index contributed by atoms with van der Waals surface area (Å²) in [7, 11) is 1.71. The van der Waals surface area contributed by atoms with Crippen LogP contribution in [0.1, 0.15) is 11.1 Å². The molecule has 0 spiro atoms. The van der Waals surface area contributed by atoms with E-state index in [1.54, 1.807) is 7.05 Å². The average molecular weight is 340 g/mol. The Morgan fingerprint density at radius 3 is 2.57 bits per heavy atom. The number of amides is 1. The van der Waals surface area contributed by atoms with E-state index in [-0.39, 0.29) is 5.91 Å². The summed E-state index contributed by atoms with van der Waals surface area (Å²) in [5, 5.41) is 0. The molecule has 3 heteroatoms. The van der Waals surface area contributed by atoms with Crippen molar-refractivity contribution in [2.75, 3.05) is 11.9 Å². The Balaban J connectivity index is 2.43. The summed E-state index contributed by atoms with van der Waals surface area (Å²) < 4.78 is 0.895. The number of benzene rings is 2. The van der Waals surface area contributed by atoms with E-state index in [0.717, 1.165) is 21.3 Å². The van der Waals surface area contributed by atoms with Crippen LogP contribution in [0.25, 0.3) is 0 Å². The number of anilines is 1. The largest absolute Gasteiger partial charge is 0.311 e. The van der Waals surface area contributed by atoms with E-state index < -0.39 is 0 Å². The maximum atomic E-state index is 11.8. The molecule has 0 aliphatic heterocycles. The second-order valence-corrected chi connectivity index (χ2v) is 5.29. The minimum atomic E-state index is -0.170. The lowest BCUT2D eigenvalue weighted by atomic mass is 10.1. The molecule has 0 radical (unpaired) electrons. The molecule has 0 saturated carbocycles.